The summed E-state index contributed by atoms with van der Waals surface area (Å²) in [4.78, 5) is 30.2. The average Bonchev–Trinajstić information content (AvgIpc) is 3.61. The van der Waals surface area contributed by atoms with Crippen LogP contribution in [0.4, 0.5) is 9.18 Å². The van der Waals surface area contributed by atoms with E-state index in [2.05, 4.69) is 15.6 Å². The highest BCUT2D eigenvalue weighted by atomic mass is 19.1. The second-order valence-corrected chi connectivity index (χ2v) is 7.98. The standard InChI is InChI=1S/C21H31FN4O5/c1-13(14-8-15(25-19(9-14)30-2)4-3-7-24-21(28)29)26(16-5-6-16)20(27)18-12-23-11-17(10-22)31-18/h8-9,13,16-18,23-24H,3-7,10-12H2,1-2H3,(H,28,29)/t13-,17-,18-/m1/s1. The van der Waals surface area contributed by atoms with E-state index in [1.807, 2.05) is 24.0 Å². The maximum Gasteiger partial charge on any atom is 0.404 e. The fourth-order valence-corrected chi connectivity index (χ4v) is 3.83. The van der Waals surface area contributed by atoms with Crippen LogP contribution < -0.4 is 15.4 Å². The van der Waals surface area contributed by atoms with Gasteiger partial charge in [0.15, 0.2) is 0 Å². The summed E-state index contributed by atoms with van der Waals surface area (Å²) in [6, 6.07) is 3.65. The molecule has 31 heavy (non-hydrogen) atoms. The smallest absolute Gasteiger partial charge is 0.404 e. The summed E-state index contributed by atoms with van der Waals surface area (Å²) in [7, 11) is 1.54. The summed E-state index contributed by atoms with van der Waals surface area (Å²) in [6.07, 6.45) is 0.660. The number of nitrogens with one attached hydrogen (secondary N) is 2. The molecule has 1 saturated carbocycles. The molecular formula is C21H31FN4O5. The number of nitrogens with zero attached hydrogens (tertiary/aromatic N) is 2. The lowest BCUT2D eigenvalue weighted by Gasteiger charge is -2.36. The molecule has 1 saturated heterocycles. The van der Waals surface area contributed by atoms with E-state index in [-0.39, 0.29) is 18.0 Å². The predicted molar refractivity (Wildman–Crippen MR) is 111 cm³/mol. The number of rotatable bonds is 10. The van der Waals surface area contributed by atoms with Crippen molar-refractivity contribution in [3.05, 3.63) is 23.4 Å². The van der Waals surface area contributed by atoms with Crippen molar-refractivity contribution in [2.75, 3.05) is 33.4 Å². The highest BCUT2D eigenvalue weighted by Crippen LogP contribution is 2.36. The number of carbonyl (C=O) groups is 2. The zero-order valence-corrected chi connectivity index (χ0v) is 18.0. The summed E-state index contributed by atoms with van der Waals surface area (Å²) < 4.78 is 24.1. The topological polar surface area (TPSA) is 113 Å². The molecule has 10 heteroatoms. The molecule has 2 fully saturated rings. The molecular weight excluding hydrogens is 407 g/mol. The van der Waals surface area contributed by atoms with E-state index < -0.39 is 25.0 Å². The lowest BCUT2D eigenvalue weighted by Crippen LogP contribution is -2.54. The number of halogens is 1. The Balaban J connectivity index is 1.74. The van der Waals surface area contributed by atoms with Gasteiger partial charge in [-0.3, -0.25) is 4.79 Å². The Labute approximate surface area is 181 Å². The van der Waals surface area contributed by atoms with E-state index in [4.69, 9.17) is 14.6 Å². The molecule has 2 amide bonds. The fraction of sp³-hybridized carbons (Fsp3) is 0.667. The van der Waals surface area contributed by atoms with Crippen LogP contribution in [0.3, 0.4) is 0 Å². The second-order valence-electron chi connectivity index (χ2n) is 7.98. The molecule has 3 rings (SSSR count). The van der Waals surface area contributed by atoms with Gasteiger partial charge < -0.3 is 30.1 Å². The van der Waals surface area contributed by atoms with Crippen LogP contribution in [0.1, 0.15) is 43.5 Å². The molecule has 2 aliphatic rings. The van der Waals surface area contributed by atoms with Gasteiger partial charge in [-0.05, 0) is 44.2 Å². The minimum atomic E-state index is -1.05. The number of aromatic nitrogens is 1. The van der Waals surface area contributed by atoms with Gasteiger partial charge in [-0.25, -0.2) is 14.2 Å². The third-order valence-corrected chi connectivity index (χ3v) is 5.57. The van der Waals surface area contributed by atoms with E-state index in [1.54, 1.807) is 0 Å². The molecule has 1 aromatic rings. The van der Waals surface area contributed by atoms with E-state index in [9.17, 15) is 14.0 Å². The highest BCUT2D eigenvalue weighted by Gasteiger charge is 2.41. The minimum absolute atomic E-state index is 0.136. The Bertz CT molecular complexity index is 776. The fourth-order valence-electron chi connectivity index (χ4n) is 3.83. The molecule has 1 aromatic heterocycles. The van der Waals surface area contributed by atoms with Crippen molar-refractivity contribution in [3.8, 4) is 5.88 Å². The number of aryl methyl sites for hydroxylation is 1. The van der Waals surface area contributed by atoms with Crippen molar-refractivity contribution < 1.29 is 28.6 Å². The number of carbonyl (C=O) groups excluding carboxylic acids is 1. The number of methoxy groups -OCH3 is 1. The summed E-state index contributed by atoms with van der Waals surface area (Å²) >= 11 is 0. The van der Waals surface area contributed by atoms with Gasteiger partial charge in [0.2, 0.25) is 5.88 Å². The van der Waals surface area contributed by atoms with Crippen LogP contribution in [0.5, 0.6) is 5.88 Å². The molecule has 3 N–H and O–H groups in total. The number of amides is 2. The number of carboxylic acid groups (broad SMARTS) is 1. The van der Waals surface area contributed by atoms with Gasteiger partial charge in [0.25, 0.3) is 5.91 Å². The monoisotopic (exact) mass is 438 g/mol. The van der Waals surface area contributed by atoms with Crippen molar-refractivity contribution in [1.29, 1.82) is 0 Å². The van der Waals surface area contributed by atoms with Crippen molar-refractivity contribution in [3.63, 3.8) is 0 Å². The Morgan fingerprint density at radius 3 is 2.84 bits per heavy atom. The van der Waals surface area contributed by atoms with Crippen molar-refractivity contribution in [1.82, 2.24) is 20.5 Å². The highest BCUT2D eigenvalue weighted by molar-refractivity contribution is 5.82. The lowest BCUT2D eigenvalue weighted by molar-refractivity contribution is -0.154. The molecule has 0 unspecified atom stereocenters. The van der Waals surface area contributed by atoms with Crippen LogP contribution in [0, 0.1) is 0 Å². The second kappa shape index (κ2) is 10.7. The van der Waals surface area contributed by atoms with Gasteiger partial charge in [0.1, 0.15) is 12.8 Å². The zero-order valence-electron chi connectivity index (χ0n) is 18.0. The molecule has 1 aliphatic heterocycles. The number of hydrogen-bond donors (Lipinski definition) is 3. The Morgan fingerprint density at radius 2 is 2.19 bits per heavy atom. The Hall–Kier alpha value is -2.46. The van der Waals surface area contributed by atoms with Gasteiger partial charge in [-0.1, -0.05) is 0 Å². The molecule has 0 spiro atoms. The molecule has 1 aliphatic carbocycles. The summed E-state index contributed by atoms with van der Waals surface area (Å²) in [5.74, 6) is 0.311. The van der Waals surface area contributed by atoms with Crippen LogP contribution in [-0.2, 0) is 16.0 Å². The third-order valence-electron chi connectivity index (χ3n) is 5.57. The summed E-state index contributed by atoms with van der Waals surface area (Å²) in [5.41, 5.74) is 1.66. The SMILES string of the molecule is COc1cc([C@@H](C)N(C(=O)[C@H]2CNC[C@@H](CF)O2)C2CC2)cc(CCCNC(=O)O)n1. The van der Waals surface area contributed by atoms with Crippen LogP contribution in [0.25, 0.3) is 0 Å². The van der Waals surface area contributed by atoms with E-state index in [1.165, 1.54) is 7.11 Å². The first-order valence-corrected chi connectivity index (χ1v) is 10.7. The number of morpholine rings is 1. The molecule has 0 aromatic carbocycles. The first kappa shape index (κ1) is 23.2. The van der Waals surface area contributed by atoms with Crippen LogP contribution in [-0.4, -0.2) is 78.7 Å². The van der Waals surface area contributed by atoms with Crippen LogP contribution in [0.15, 0.2) is 12.1 Å². The van der Waals surface area contributed by atoms with Crippen molar-refractivity contribution in [2.45, 2.75) is 56.9 Å². The molecule has 172 valence electrons. The average molecular weight is 439 g/mol. The maximum absolute atomic E-state index is 13.3. The Morgan fingerprint density at radius 1 is 1.42 bits per heavy atom. The number of alkyl halides is 1. The van der Waals surface area contributed by atoms with E-state index in [0.29, 0.717) is 38.4 Å². The molecule has 0 radical (unpaired) electrons. The Kier molecular flexibility index (Phi) is 8.03. The summed E-state index contributed by atoms with van der Waals surface area (Å²) in [6.45, 7) is 2.43. The van der Waals surface area contributed by atoms with Crippen molar-refractivity contribution >= 4 is 12.0 Å². The third kappa shape index (κ3) is 6.27. The first-order chi connectivity index (χ1) is 14.9. The number of pyridine rings is 1. The van der Waals surface area contributed by atoms with Gasteiger partial charge in [0, 0.05) is 37.4 Å². The summed E-state index contributed by atoms with van der Waals surface area (Å²) in [5, 5.41) is 14.1. The van der Waals surface area contributed by atoms with E-state index >= 15 is 0 Å². The van der Waals surface area contributed by atoms with Crippen LogP contribution in [0.2, 0.25) is 0 Å². The van der Waals surface area contributed by atoms with Gasteiger partial charge >= 0.3 is 6.09 Å². The predicted octanol–water partition coefficient (Wildman–Crippen LogP) is 1.67. The number of hydrogen-bond acceptors (Lipinski definition) is 6. The van der Waals surface area contributed by atoms with Crippen molar-refractivity contribution in [2.24, 2.45) is 0 Å². The lowest BCUT2D eigenvalue weighted by atomic mass is 10.0. The van der Waals surface area contributed by atoms with Gasteiger partial charge in [-0.15, -0.1) is 0 Å². The van der Waals surface area contributed by atoms with Gasteiger partial charge in [-0.2, -0.15) is 0 Å². The van der Waals surface area contributed by atoms with Crippen LogP contribution >= 0.6 is 0 Å². The molecule has 9 nitrogen and oxygen atoms in total. The normalized spacial score (nSPS) is 21.9. The minimum Gasteiger partial charge on any atom is -0.481 e. The maximum atomic E-state index is 13.3. The van der Waals surface area contributed by atoms with Gasteiger partial charge in [0.05, 0.1) is 19.3 Å². The molecule has 3 atom stereocenters. The molecule has 0 bridgehead atoms. The largest absolute Gasteiger partial charge is 0.481 e. The molecule has 2 heterocycles. The quantitative estimate of drug-likeness (QED) is 0.476. The first-order valence-electron chi connectivity index (χ1n) is 10.7. The van der Waals surface area contributed by atoms with E-state index in [0.717, 1.165) is 24.1 Å². The zero-order chi connectivity index (χ0) is 22.4. The number of ether oxygens (including phenoxy) is 2.